The van der Waals surface area contributed by atoms with Gasteiger partial charge >= 0.3 is 0 Å². The highest BCUT2D eigenvalue weighted by Gasteiger charge is 2.22. The van der Waals surface area contributed by atoms with Gasteiger partial charge in [-0.25, -0.2) is 0 Å². The molecule has 17 heavy (non-hydrogen) atoms. The van der Waals surface area contributed by atoms with Crippen LogP contribution in [-0.4, -0.2) is 28.6 Å². The fourth-order valence-electron chi connectivity index (χ4n) is 1.90. The molecule has 2 unspecified atom stereocenters. The Morgan fingerprint density at radius 1 is 1.59 bits per heavy atom. The summed E-state index contributed by atoms with van der Waals surface area (Å²) in [7, 11) is 1.66. The summed E-state index contributed by atoms with van der Waals surface area (Å²) in [6.07, 6.45) is 3.32. The van der Waals surface area contributed by atoms with Crippen LogP contribution in [0.15, 0.2) is 10.7 Å². The Balaban J connectivity index is 2.83. The van der Waals surface area contributed by atoms with Crippen molar-refractivity contribution >= 4 is 15.9 Å². The van der Waals surface area contributed by atoms with Crippen molar-refractivity contribution in [2.45, 2.75) is 39.3 Å². The van der Waals surface area contributed by atoms with Crippen LogP contribution in [-0.2, 0) is 11.3 Å². The first-order valence-corrected chi connectivity index (χ1v) is 6.79. The number of rotatable bonds is 7. The lowest BCUT2D eigenvalue weighted by Crippen LogP contribution is -2.17. The molecule has 0 amide bonds. The summed E-state index contributed by atoms with van der Waals surface area (Å²) in [5, 5.41) is 14.6. The molecule has 0 aromatic carbocycles. The van der Waals surface area contributed by atoms with Crippen LogP contribution in [0.1, 0.15) is 38.5 Å². The Bertz CT molecular complexity index is 341. The lowest BCUT2D eigenvalue weighted by atomic mass is 9.97. The van der Waals surface area contributed by atoms with Gasteiger partial charge in [0, 0.05) is 7.11 Å². The molecule has 1 rings (SSSR count). The molecule has 0 saturated carbocycles. The van der Waals surface area contributed by atoms with E-state index in [1.165, 1.54) is 0 Å². The number of aliphatic hydroxyl groups is 1. The SMILES string of the molecule is CCCC(C)C(O)c1c(Br)cnn1CCOC. The second kappa shape index (κ2) is 7.13. The Kier molecular flexibility index (Phi) is 6.16. The molecule has 0 spiro atoms. The Labute approximate surface area is 111 Å². The highest BCUT2D eigenvalue weighted by Crippen LogP contribution is 2.30. The summed E-state index contributed by atoms with van der Waals surface area (Å²) in [6, 6.07) is 0. The van der Waals surface area contributed by atoms with Gasteiger partial charge in [0.15, 0.2) is 0 Å². The van der Waals surface area contributed by atoms with Crippen molar-refractivity contribution in [1.82, 2.24) is 9.78 Å². The zero-order valence-electron chi connectivity index (χ0n) is 10.7. The Morgan fingerprint density at radius 2 is 2.29 bits per heavy atom. The lowest BCUT2D eigenvalue weighted by Gasteiger charge is -2.20. The second-order valence-electron chi connectivity index (χ2n) is 4.30. The number of halogens is 1. The number of hydrogen-bond donors (Lipinski definition) is 1. The van der Waals surface area contributed by atoms with E-state index in [0.717, 1.165) is 23.0 Å². The molecule has 2 atom stereocenters. The second-order valence-corrected chi connectivity index (χ2v) is 5.16. The molecule has 0 aliphatic rings. The minimum absolute atomic E-state index is 0.231. The predicted molar refractivity (Wildman–Crippen MR) is 70.8 cm³/mol. The molecule has 1 N–H and O–H groups in total. The largest absolute Gasteiger partial charge is 0.386 e. The maximum absolute atomic E-state index is 10.3. The molecule has 4 nitrogen and oxygen atoms in total. The first-order chi connectivity index (χ1) is 8.11. The number of nitrogens with zero attached hydrogens (tertiary/aromatic N) is 2. The van der Waals surface area contributed by atoms with Gasteiger partial charge in [-0.05, 0) is 28.3 Å². The van der Waals surface area contributed by atoms with Gasteiger partial charge in [-0.15, -0.1) is 0 Å². The minimum Gasteiger partial charge on any atom is -0.386 e. The van der Waals surface area contributed by atoms with E-state index in [2.05, 4.69) is 34.9 Å². The lowest BCUT2D eigenvalue weighted by molar-refractivity contribution is 0.0986. The molecule has 0 bridgehead atoms. The van der Waals surface area contributed by atoms with Crippen molar-refractivity contribution in [2.24, 2.45) is 5.92 Å². The van der Waals surface area contributed by atoms with Gasteiger partial charge in [-0.3, -0.25) is 4.68 Å². The molecule has 1 heterocycles. The molecule has 5 heteroatoms. The molecular weight excluding hydrogens is 284 g/mol. The monoisotopic (exact) mass is 304 g/mol. The van der Waals surface area contributed by atoms with E-state index in [9.17, 15) is 5.11 Å². The summed E-state index contributed by atoms with van der Waals surface area (Å²) in [6.45, 7) is 5.44. The highest BCUT2D eigenvalue weighted by molar-refractivity contribution is 9.10. The number of aromatic nitrogens is 2. The van der Waals surface area contributed by atoms with Gasteiger partial charge < -0.3 is 9.84 Å². The zero-order valence-corrected chi connectivity index (χ0v) is 12.3. The van der Waals surface area contributed by atoms with E-state index in [4.69, 9.17) is 4.74 Å². The molecule has 0 aliphatic heterocycles. The van der Waals surface area contributed by atoms with Crippen molar-refractivity contribution in [3.05, 3.63) is 16.4 Å². The van der Waals surface area contributed by atoms with E-state index in [1.54, 1.807) is 13.3 Å². The number of methoxy groups -OCH3 is 1. The number of aliphatic hydroxyl groups excluding tert-OH is 1. The maximum Gasteiger partial charge on any atom is 0.0993 e. The Morgan fingerprint density at radius 3 is 2.88 bits per heavy atom. The summed E-state index contributed by atoms with van der Waals surface area (Å²) in [5.74, 6) is 0.231. The van der Waals surface area contributed by atoms with E-state index >= 15 is 0 Å². The zero-order chi connectivity index (χ0) is 12.8. The quantitative estimate of drug-likeness (QED) is 0.842. The van der Waals surface area contributed by atoms with Crippen LogP contribution in [0.2, 0.25) is 0 Å². The number of hydrogen-bond acceptors (Lipinski definition) is 3. The van der Waals surface area contributed by atoms with E-state index in [1.807, 2.05) is 4.68 Å². The van der Waals surface area contributed by atoms with Crippen molar-refractivity contribution in [3.8, 4) is 0 Å². The molecule has 98 valence electrons. The minimum atomic E-state index is -0.483. The van der Waals surface area contributed by atoms with Crippen LogP contribution in [0.25, 0.3) is 0 Å². The Hall–Kier alpha value is -0.390. The average molecular weight is 305 g/mol. The van der Waals surface area contributed by atoms with Gasteiger partial charge in [0.05, 0.1) is 35.6 Å². The molecule has 0 saturated heterocycles. The fraction of sp³-hybridized carbons (Fsp3) is 0.750. The van der Waals surface area contributed by atoms with Crippen molar-refractivity contribution in [2.75, 3.05) is 13.7 Å². The summed E-state index contributed by atoms with van der Waals surface area (Å²) in [4.78, 5) is 0. The maximum atomic E-state index is 10.3. The third-order valence-corrected chi connectivity index (χ3v) is 3.51. The molecule has 1 aromatic heterocycles. The van der Waals surface area contributed by atoms with Gasteiger partial charge in [0.2, 0.25) is 0 Å². The summed E-state index contributed by atoms with van der Waals surface area (Å²) in [5.41, 5.74) is 0.850. The number of ether oxygens (including phenoxy) is 1. The van der Waals surface area contributed by atoms with Crippen molar-refractivity contribution in [3.63, 3.8) is 0 Å². The van der Waals surface area contributed by atoms with Crippen molar-refractivity contribution in [1.29, 1.82) is 0 Å². The molecular formula is C12H21BrN2O2. The van der Waals surface area contributed by atoms with Gasteiger partial charge in [0.1, 0.15) is 0 Å². The van der Waals surface area contributed by atoms with Crippen molar-refractivity contribution < 1.29 is 9.84 Å². The van der Waals surface area contributed by atoms with E-state index < -0.39 is 6.10 Å². The van der Waals surface area contributed by atoms with Crippen LogP contribution in [0.5, 0.6) is 0 Å². The topological polar surface area (TPSA) is 47.3 Å². The first kappa shape index (κ1) is 14.7. The van der Waals surface area contributed by atoms with Crippen LogP contribution < -0.4 is 0 Å². The normalized spacial score (nSPS) is 14.9. The van der Waals surface area contributed by atoms with Gasteiger partial charge in [-0.1, -0.05) is 20.3 Å². The van der Waals surface area contributed by atoms with E-state index in [-0.39, 0.29) is 5.92 Å². The molecule has 0 aliphatic carbocycles. The standard InChI is InChI=1S/C12H21BrN2O2/c1-4-5-9(2)12(16)11-10(13)8-14-15(11)6-7-17-3/h8-9,12,16H,4-7H2,1-3H3. The highest BCUT2D eigenvalue weighted by atomic mass is 79.9. The smallest absolute Gasteiger partial charge is 0.0993 e. The third-order valence-electron chi connectivity index (χ3n) is 2.90. The predicted octanol–water partition coefficient (Wildman–Crippen LogP) is 2.76. The fourth-order valence-corrected chi connectivity index (χ4v) is 2.44. The first-order valence-electron chi connectivity index (χ1n) is 6.00. The molecule has 0 fully saturated rings. The van der Waals surface area contributed by atoms with Crippen LogP contribution in [0.4, 0.5) is 0 Å². The van der Waals surface area contributed by atoms with Crippen LogP contribution in [0.3, 0.4) is 0 Å². The summed E-state index contributed by atoms with van der Waals surface area (Å²) >= 11 is 3.44. The van der Waals surface area contributed by atoms with Gasteiger partial charge in [0.25, 0.3) is 0 Å². The third kappa shape index (κ3) is 3.79. The van der Waals surface area contributed by atoms with Gasteiger partial charge in [-0.2, -0.15) is 5.10 Å². The average Bonchev–Trinajstić information content (AvgIpc) is 2.67. The molecule has 1 aromatic rings. The van der Waals surface area contributed by atoms with Crippen LogP contribution >= 0.6 is 15.9 Å². The van der Waals surface area contributed by atoms with Crippen LogP contribution in [0, 0.1) is 5.92 Å². The summed E-state index contributed by atoms with van der Waals surface area (Å²) < 4.78 is 7.71. The van der Waals surface area contributed by atoms with E-state index in [0.29, 0.717) is 13.2 Å². The molecule has 0 radical (unpaired) electrons.